The Labute approximate surface area is 161 Å². The van der Waals surface area contributed by atoms with Crippen LogP contribution in [-0.2, 0) is 16.1 Å². The molecule has 0 bridgehead atoms. The molecule has 2 amide bonds. The molecule has 1 aliphatic heterocycles. The molecule has 0 aliphatic carbocycles. The lowest BCUT2D eigenvalue weighted by atomic mass is 9.99. The minimum atomic E-state index is -0.542. The third-order valence-electron chi connectivity index (χ3n) is 4.41. The van der Waals surface area contributed by atoms with E-state index in [1.165, 1.54) is 0 Å². The predicted octanol–water partition coefficient (Wildman–Crippen LogP) is 2.85. The second kappa shape index (κ2) is 9.08. The molecule has 1 unspecified atom stereocenters. The number of carbonyl (C=O) groups excluding carboxylic acids is 2. The molecule has 0 saturated carbocycles. The Bertz CT molecular complexity index is 628. The van der Waals surface area contributed by atoms with Gasteiger partial charge < -0.3 is 24.6 Å². The quantitative estimate of drug-likeness (QED) is 0.874. The van der Waals surface area contributed by atoms with Crippen LogP contribution in [0.2, 0.25) is 0 Å². The number of carbonyl (C=O) groups is 2. The van der Waals surface area contributed by atoms with Gasteiger partial charge in [0.15, 0.2) is 0 Å². The van der Waals surface area contributed by atoms with E-state index >= 15 is 0 Å². The summed E-state index contributed by atoms with van der Waals surface area (Å²) in [6, 6.07) is 9.50. The van der Waals surface area contributed by atoms with Crippen LogP contribution in [0.5, 0.6) is 0 Å². The molecule has 150 valence electrons. The van der Waals surface area contributed by atoms with Crippen LogP contribution in [0.4, 0.5) is 9.59 Å². The van der Waals surface area contributed by atoms with Gasteiger partial charge in [0.2, 0.25) is 0 Å². The molecule has 1 fully saturated rings. The summed E-state index contributed by atoms with van der Waals surface area (Å²) in [6.07, 6.45) is -0.122. The first-order valence-corrected chi connectivity index (χ1v) is 9.27. The largest absolute Gasteiger partial charge is 0.445 e. The zero-order chi connectivity index (χ0) is 20.0. The number of rotatable bonds is 4. The first-order chi connectivity index (χ1) is 12.7. The maximum Gasteiger partial charge on any atom is 0.410 e. The number of piperidine rings is 1. The van der Waals surface area contributed by atoms with E-state index in [4.69, 9.17) is 9.47 Å². The SMILES string of the molecule is CN(C)[C@H]1CN(C(=O)OCc2ccccc2)CCC1NC(=O)OC(C)(C)C. The first kappa shape index (κ1) is 21.0. The third kappa shape index (κ3) is 6.75. The van der Waals surface area contributed by atoms with Crippen LogP contribution in [0, 0.1) is 0 Å². The molecular formula is C20H31N3O4. The lowest BCUT2D eigenvalue weighted by molar-refractivity contribution is 0.0366. The fourth-order valence-corrected chi connectivity index (χ4v) is 3.06. The van der Waals surface area contributed by atoms with Crippen molar-refractivity contribution in [3.63, 3.8) is 0 Å². The number of hydrogen-bond donors (Lipinski definition) is 1. The predicted molar refractivity (Wildman–Crippen MR) is 103 cm³/mol. The standard InChI is InChI=1S/C20H31N3O4/c1-20(2,3)27-18(24)21-16-11-12-23(13-17(16)22(4)5)19(25)26-14-15-9-7-6-8-10-15/h6-10,16-17H,11-14H2,1-5H3,(H,21,24)/t16?,17-/m0/s1. The number of nitrogens with zero attached hydrogens (tertiary/aromatic N) is 2. The molecular weight excluding hydrogens is 346 g/mol. The lowest BCUT2D eigenvalue weighted by Crippen LogP contribution is -2.60. The van der Waals surface area contributed by atoms with Crippen molar-refractivity contribution in [1.82, 2.24) is 15.1 Å². The Morgan fingerprint density at radius 1 is 1.22 bits per heavy atom. The molecule has 0 radical (unpaired) electrons. The van der Waals surface area contributed by atoms with Crippen molar-refractivity contribution in [2.75, 3.05) is 27.2 Å². The Kier molecular flexibility index (Phi) is 7.07. The van der Waals surface area contributed by atoms with Crippen LogP contribution >= 0.6 is 0 Å². The Morgan fingerprint density at radius 2 is 1.89 bits per heavy atom. The molecule has 1 aliphatic rings. The average Bonchev–Trinajstić information content (AvgIpc) is 2.59. The molecule has 1 heterocycles. The van der Waals surface area contributed by atoms with Crippen molar-refractivity contribution in [3.05, 3.63) is 35.9 Å². The molecule has 7 nitrogen and oxygen atoms in total. The molecule has 1 aromatic carbocycles. The Hall–Kier alpha value is -2.28. The maximum absolute atomic E-state index is 12.4. The van der Waals surface area contributed by atoms with Gasteiger partial charge in [-0.25, -0.2) is 9.59 Å². The normalized spacial score (nSPS) is 20.3. The van der Waals surface area contributed by atoms with E-state index < -0.39 is 11.7 Å². The highest BCUT2D eigenvalue weighted by Crippen LogP contribution is 2.17. The molecule has 1 aromatic rings. The van der Waals surface area contributed by atoms with Crippen LogP contribution in [0.1, 0.15) is 32.8 Å². The summed E-state index contributed by atoms with van der Waals surface area (Å²) in [5.74, 6) is 0. The van der Waals surface area contributed by atoms with Crippen LogP contribution in [0.15, 0.2) is 30.3 Å². The monoisotopic (exact) mass is 377 g/mol. The molecule has 2 rings (SSSR count). The van der Waals surface area contributed by atoms with Gasteiger partial charge in [-0.05, 0) is 46.9 Å². The maximum atomic E-state index is 12.4. The summed E-state index contributed by atoms with van der Waals surface area (Å²) in [4.78, 5) is 28.2. The summed E-state index contributed by atoms with van der Waals surface area (Å²) >= 11 is 0. The number of alkyl carbamates (subject to hydrolysis) is 1. The molecule has 7 heteroatoms. The third-order valence-corrected chi connectivity index (χ3v) is 4.41. The number of ether oxygens (including phenoxy) is 2. The molecule has 0 aromatic heterocycles. The van der Waals surface area contributed by atoms with Crippen LogP contribution < -0.4 is 5.32 Å². The number of amides is 2. The summed E-state index contributed by atoms with van der Waals surface area (Å²) < 4.78 is 10.8. The van der Waals surface area contributed by atoms with Crippen molar-refractivity contribution < 1.29 is 19.1 Å². The highest BCUT2D eigenvalue weighted by atomic mass is 16.6. The fourth-order valence-electron chi connectivity index (χ4n) is 3.06. The van der Waals surface area contributed by atoms with Gasteiger partial charge in [-0.2, -0.15) is 0 Å². The summed E-state index contributed by atoms with van der Waals surface area (Å²) in [5.41, 5.74) is 0.413. The van der Waals surface area contributed by atoms with E-state index in [0.29, 0.717) is 19.5 Å². The minimum Gasteiger partial charge on any atom is -0.445 e. The highest BCUT2D eigenvalue weighted by Gasteiger charge is 2.35. The van der Waals surface area contributed by atoms with Crippen molar-refractivity contribution in [2.24, 2.45) is 0 Å². The van der Waals surface area contributed by atoms with Gasteiger partial charge in [0, 0.05) is 19.1 Å². The first-order valence-electron chi connectivity index (χ1n) is 9.27. The number of likely N-dealkylation sites (tertiary alicyclic amines) is 1. The molecule has 2 atom stereocenters. The lowest BCUT2D eigenvalue weighted by Gasteiger charge is -2.41. The van der Waals surface area contributed by atoms with E-state index in [9.17, 15) is 9.59 Å². The molecule has 27 heavy (non-hydrogen) atoms. The highest BCUT2D eigenvalue weighted by molar-refractivity contribution is 5.69. The Morgan fingerprint density at radius 3 is 2.48 bits per heavy atom. The van der Waals surface area contributed by atoms with Crippen molar-refractivity contribution in [2.45, 2.75) is 51.5 Å². The zero-order valence-electron chi connectivity index (χ0n) is 16.9. The summed E-state index contributed by atoms with van der Waals surface area (Å²) in [5, 5.41) is 2.94. The van der Waals surface area contributed by atoms with Gasteiger partial charge in [0.05, 0.1) is 6.04 Å². The molecule has 1 saturated heterocycles. The number of hydrogen-bond acceptors (Lipinski definition) is 5. The van der Waals surface area contributed by atoms with Crippen molar-refractivity contribution in [1.29, 1.82) is 0 Å². The van der Waals surface area contributed by atoms with Crippen LogP contribution in [0.3, 0.4) is 0 Å². The van der Waals surface area contributed by atoms with Crippen molar-refractivity contribution in [3.8, 4) is 0 Å². The zero-order valence-corrected chi connectivity index (χ0v) is 16.9. The topological polar surface area (TPSA) is 71.1 Å². The van der Waals surface area contributed by atoms with E-state index in [-0.39, 0.29) is 24.8 Å². The van der Waals surface area contributed by atoms with Gasteiger partial charge in [-0.3, -0.25) is 0 Å². The smallest absolute Gasteiger partial charge is 0.410 e. The van der Waals surface area contributed by atoms with E-state index in [1.807, 2.05) is 70.1 Å². The van der Waals surface area contributed by atoms with Gasteiger partial charge >= 0.3 is 12.2 Å². The Balaban J connectivity index is 1.90. The summed E-state index contributed by atoms with van der Waals surface area (Å²) in [7, 11) is 3.88. The van der Waals surface area contributed by atoms with E-state index in [1.54, 1.807) is 4.90 Å². The fraction of sp³-hybridized carbons (Fsp3) is 0.600. The second-order valence-corrected chi connectivity index (χ2v) is 8.06. The van der Waals surface area contributed by atoms with E-state index in [2.05, 4.69) is 5.32 Å². The summed E-state index contributed by atoms with van der Waals surface area (Å²) in [6.45, 7) is 6.77. The van der Waals surface area contributed by atoms with Gasteiger partial charge in [0.25, 0.3) is 0 Å². The van der Waals surface area contributed by atoms with Gasteiger partial charge in [0.1, 0.15) is 12.2 Å². The van der Waals surface area contributed by atoms with Gasteiger partial charge in [-0.1, -0.05) is 30.3 Å². The minimum absolute atomic E-state index is 0.0180. The number of benzene rings is 1. The van der Waals surface area contributed by atoms with Gasteiger partial charge in [-0.15, -0.1) is 0 Å². The number of nitrogens with one attached hydrogen (secondary N) is 1. The average molecular weight is 377 g/mol. The number of likely N-dealkylation sites (N-methyl/N-ethyl adjacent to an activating group) is 1. The van der Waals surface area contributed by atoms with Crippen LogP contribution in [-0.4, -0.2) is 66.9 Å². The second-order valence-electron chi connectivity index (χ2n) is 8.06. The van der Waals surface area contributed by atoms with Crippen LogP contribution in [0.25, 0.3) is 0 Å². The van der Waals surface area contributed by atoms with E-state index in [0.717, 1.165) is 5.56 Å². The molecule has 0 spiro atoms. The van der Waals surface area contributed by atoms with Crippen molar-refractivity contribution >= 4 is 12.2 Å². The molecule has 1 N–H and O–H groups in total.